The molecule has 1 aliphatic heterocycles. The summed E-state index contributed by atoms with van der Waals surface area (Å²) < 4.78 is 7.15. The monoisotopic (exact) mass is 182 g/mol. The summed E-state index contributed by atoms with van der Waals surface area (Å²) in [5.74, 6) is 1.05. The van der Waals surface area contributed by atoms with Gasteiger partial charge in [0.25, 0.3) is 0 Å². The minimum absolute atomic E-state index is 0.483. The Morgan fingerprint density at radius 1 is 1.69 bits per heavy atom. The lowest BCUT2D eigenvalue weighted by atomic mass is 10.0. The fourth-order valence-electron chi connectivity index (χ4n) is 1.62. The van der Waals surface area contributed by atoms with Crippen LogP contribution in [-0.2, 0) is 11.3 Å². The quantitative estimate of drug-likeness (QED) is 0.713. The molecule has 1 aromatic rings. The van der Waals surface area contributed by atoms with Crippen molar-refractivity contribution in [1.82, 2.24) is 15.0 Å². The van der Waals surface area contributed by atoms with Crippen molar-refractivity contribution >= 4 is 5.82 Å². The van der Waals surface area contributed by atoms with E-state index in [9.17, 15) is 0 Å². The third-order valence-corrected chi connectivity index (χ3v) is 2.26. The highest BCUT2D eigenvalue weighted by Crippen LogP contribution is 2.15. The van der Waals surface area contributed by atoms with Crippen LogP contribution in [0.25, 0.3) is 0 Å². The van der Waals surface area contributed by atoms with Crippen LogP contribution in [0.1, 0.15) is 12.8 Å². The molecule has 0 aromatic carbocycles. The Morgan fingerprint density at radius 2 is 2.62 bits per heavy atom. The lowest BCUT2D eigenvalue weighted by molar-refractivity contribution is 0.0468. The van der Waals surface area contributed by atoms with Gasteiger partial charge in [-0.1, -0.05) is 5.21 Å². The van der Waals surface area contributed by atoms with E-state index in [-0.39, 0.29) is 0 Å². The second-order valence-electron chi connectivity index (χ2n) is 3.45. The van der Waals surface area contributed by atoms with Crippen LogP contribution in [0.4, 0.5) is 5.82 Å². The lowest BCUT2D eigenvalue weighted by Gasteiger charge is -2.21. The number of nitrogen functional groups attached to an aromatic ring is 1. The van der Waals surface area contributed by atoms with Crippen molar-refractivity contribution < 1.29 is 4.74 Å². The first-order chi connectivity index (χ1) is 6.34. The number of nitrogens with two attached hydrogens (primary N) is 1. The van der Waals surface area contributed by atoms with E-state index in [1.54, 1.807) is 10.9 Å². The summed E-state index contributed by atoms with van der Waals surface area (Å²) in [6.07, 6.45) is 4.11. The molecule has 0 spiro atoms. The van der Waals surface area contributed by atoms with Gasteiger partial charge in [0.1, 0.15) is 0 Å². The Morgan fingerprint density at radius 3 is 3.23 bits per heavy atom. The van der Waals surface area contributed by atoms with Crippen LogP contribution >= 0.6 is 0 Å². The van der Waals surface area contributed by atoms with Crippen LogP contribution in [0.15, 0.2) is 6.20 Å². The molecule has 72 valence electrons. The zero-order chi connectivity index (χ0) is 9.10. The summed E-state index contributed by atoms with van der Waals surface area (Å²) in [4.78, 5) is 0. The zero-order valence-corrected chi connectivity index (χ0v) is 7.52. The zero-order valence-electron chi connectivity index (χ0n) is 7.52. The highest BCUT2D eigenvalue weighted by Gasteiger charge is 2.14. The minimum Gasteiger partial charge on any atom is -0.381 e. The fraction of sp³-hybridized carbons (Fsp3) is 0.750. The molecule has 2 N–H and O–H groups in total. The molecule has 1 atom stereocenters. The van der Waals surface area contributed by atoms with Crippen LogP contribution in [0, 0.1) is 5.92 Å². The molecular weight excluding hydrogens is 168 g/mol. The average Bonchev–Trinajstić information content (AvgIpc) is 2.53. The molecule has 5 nitrogen and oxygen atoms in total. The van der Waals surface area contributed by atoms with Crippen molar-refractivity contribution in [3.05, 3.63) is 6.20 Å². The number of rotatable bonds is 2. The van der Waals surface area contributed by atoms with Gasteiger partial charge in [0.2, 0.25) is 0 Å². The van der Waals surface area contributed by atoms with E-state index in [0.717, 1.165) is 26.2 Å². The summed E-state index contributed by atoms with van der Waals surface area (Å²) in [5, 5.41) is 7.63. The van der Waals surface area contributed by atoms with Crippen LogP contribution in [0.3, 0.4) is 0 Å². The maximum Gasteiger partial charge on any atom is 0.165 e. The summed E-state index contributed by atoms with van der Waals surface area (Å²) in [7, 11) is 0. The van der Waals surface area contributed by atoms with Gasteiger partial charge < -0.3 is 10.5 Å². The maximum absolute atomic E-state index is 5.46. The molecule has 2 heterocycles. The largest absolute Gasteiger partial charge is 0.381 e. The molecule has 5 heteroatoms. The van der Waals surface area contributed by atoms with Gasteiger partial charge in [0, 0.05) is 19.1 Å². The van der Waals surface area contributed by atoms with Gasteiger partial charge in [-0.15, -0.1) is 5.10 Å². The van der Waals surface area contributed by atoms with E-state index >= 15 is 0 Å². The molecule has 1 fully saturated rings. The summed E-state index contributed by atoms with van der Waals surface area (Å²) in [6.45, 7) is 2.60. The third-order valence-electron chi connectivity index (χ3n) is 2.26. The predicted octanol–water partition coefficient (Wildman–Crippen LogP) is 0.287. The molecule has 0 amide bonds. The second kappa shape index (κ2) is 3.74. The molecule has 2 rings (SSSR count). The molecule has 13 heavy (non-hydrogen) atoms. The Labute approximate surface area is 76.9 Å². The molecule has 0 saturated carbocycles. The summed E-state index contributed by atoms with van der Waals surface area (Å²) in [5.41, 5.74) is 5.46. The van der Waals surface area contributed by atoms with E-state index in [1.165, 1.54) is 6.42 Å². The van der Waals surface area contributed by atoms with Gasteiger partial charge in [-0.25, -0.2) is 4.68 Å². The lowest BCUT2D eigenvalue weighted by Crippen LogP contribution is -2.22. The van der Waals surface area contributed by atoms with E-state index in [2.05, 4.69) is 10.3 Å². The van der Waals surface area contributed by atoms with E-state index in [1.807, 2.05) is 0 Å². The third kappa shape index (κ3) is 2.18. The van der Waals surface area contributed by atoms with E-state index in [4.69, 9.17) is 10.5 Å². The van der Waals surface area contributed by atoms with Crippen molar-refractivity contribution in [3.8, 4) is 0 Å². The van der Waals surface area contributed by atoms with Crippen molar-refractivity contribution in [3.63, 3.8) is 0 Å². The van der Waals surface area contributed by atoms with Crippen molar-refractivity contribution in [2.75, 3.05) is 18.9 Å². The first-order valence-corrected chi connectivity index (χ1v) is 4.58. The highest BCUT2D eigenvalue weighted by molar-refractivity contribution is 5.19. The average molecular weight is 182 g/mol. The molecular formula is C8H14N4O. The van der Waals surface area contributed by atoms with Crippen molar-refractivity contribution in [1.29, 1.82) is 0 Å². The van der Waals surface area contributed by atoms with Gasteiger partial charge in [-0.05, 0) is 12.8 Å². The van der Waals surface area contributed by atoms with Crippen molar-refractivity contribution in [2.24, 2.45) is 5.92 Å². The number of nitrogens with zero attached hydrogens (tertiary/aromatic N) is 3. The minimum atomic E-state index is 0.483. The highest BCUT2D eigenvalue weighted by atomic mass is 16.5. The number of ether oxygens (including phenoxy) is 1. The normalized spacial score (nSPS) is 23.2. The molecule has 1 saturated heterocycles. The number of anilines is 1. The SMILES string of the molecule is Nc1cn(CC2CCCOC2)nn1. The topological polar surface area (TPSA) is 66.0 Å². The molecule has 1 unspecified atom stereocenters. The summed E-state index contributed by atoms with van der Waals surface area (Å²) >= 11 is 0. The Balaban J connectivity index is 1.89. The smallest absolute Gasteiger partial charge is 0.165 e. The Hall–Kier alpha value is -1.10. The van der Waals surface area contributed by atoms with Gasteiger partial charge in [-0.2, -0.15) is 0 Å². The van der Waals surface area contributed by atoms with Gasteiger partial charge in [-0.3, -0.25) is 0 Å². The van der Waals surface area contributed by atoms with E-state index in [0.29, 0.717) is 11.7 Å². The molecule has 1 aromatic heterocycles. The summed E-state index contributed by atoms with van der Waals surface area (Å²) in [6, 6.07) is 0. The maximum atomic E-state index is 5.46. The Kier molecular flexibility index (Phi) is 2.44. The van der Waals surface area contributed by atoms with Gasteiger partial charge in [0.05, 0.1) is 12.8 Å². The van der Waals surface area contributed by atoms with Crippen LogP contribution in [0.2, 0.25) is 0 Å². The van der Waals surface area contributed by atoms with E-state index < -0.39 is 0 Å². The first-order valence-electron chi connectivity index (χ1n) is 4.58. The van der Waals surface area contributed by atoms with Gasteiger partial charge in [0.15, 0.2) is 5.82 Å². The predicted molar refractivity (Wildman–Crippen MR) is 48.0 cm³/mol. The number of hydrogen-bond acceptors (Lipinski definition) is 4. The van der Waals surface area contributed by atoms with Crippen molar-refractivity contribution in [2.45, 2.75) is 19.4 Å². The Bertz CT molecular complexity index is 267. The molecule has 0 aliphatic carbocycles. The second-order valence-corrected chi connectivity index (χ2v) is 3.45. The molecule has 0 bridgehead atoms. The van der Waals surface area contributed by atoms with Crippen LogP contribution < -0.4 is 5.73 Å². The fourth-order valence-corrected chi connectivity index (χ4v) is 1.62. The van der Waals surface area contributed by atoms with Crippen LogP contribution in [0.5, 0.6) is 0 Å². The first kappa shape index (κ1) is 8.50. The van der Waals surface area contributed by atoms with Crippen LogP contribution in [-0.4, -0.2) is 28.2 Å². The standard InChI is InChI=1S/C8H14N4O/c9-8-5-12(11-10-8)4-7-2-1-3-13-6-7/h5,7H,1-4,6,9H2. The number of hydrogen-bond donors (Lipinski definition) is 1. The van der Waals surface area contributed by atoms with Gasteiger partial charge >= 0.3 is 0 Å². The molecule has 1 aliphatic rings. The molecule has 0 radical (unpaired) electrons. The number of aromatic nitrogens is 3.